The minimum absolute atomic E-state index is 0.00537. The predicted molar refractivity (Wildman–Crippen MR) is 85.4 cm³/mol. The number of benzene rings is 1. The number of fused-ring (bicyclic) bond motifs is 1. The van der Waals surface area contributed by atoms with Crippen LogP contribution >= 0.6 is 0 Å². The van der Waals surface area contributed by atoms with Gasteiger partial charge in [-0.05, 0) is 44.9 Å². The van der Waals surface area contributed by atoms with Crippen LogP contribution in [0.1, 0.15) is 30.8 Å². The molecule has 4 nitrogen and oxygen atoms in total. The smallest absolute Gasteiger partial charge is 0.267 e. The number of nitrogens with zero attached hydrogens (tertiary/aromatic N) is 1. The highest BCUT2D eigenvalue weighted by Gasteiger charge is 2.24. The fourth-order valence-corrected chi connectivity index (χ4v) is 3.03. The van der Waals surface area contributed by atoms with Gasteiger partial charge in [-0.1, -0.05) is 18.2 Å². The zero-order valence-electron chi connectivity index (χ0n) is 12.7. The van der Waals surface area contributed by atoms with E-state index in [2.05, 4.69) is 29.0 Å². The van der Waals surface area contributed by atoms with E-state index in [-0.39, 0.29) is 5.91 Å². The van der Waals surface area contributed by atoms with Gasteiger partial charge in [0.15, 0.2) is 0 Å². The van der Waals surface area contributed by atoms with E-state index < -0.39 is 0 Å². The number of nitrogens with one attached hydrogen (secondary N) is 2. The van der Waals surface area contributed by atoms with E-state index in [1.807, 2.05) is 30.3 Å². The van der Waals surface area contributed by atoms with Crippen molar-refractivity contribution in [1.29, 1.82) is 0 Å². The first-order chi connectivity index (χ1) is 10.1. The maximum atomic E-state index is 12.2. The Morgan fingerprint density at radius 1 is 1.43 bits per heavy atom. The number of para-hydroxylation sites is 1. The molecule has 1 aromatic heterocycles. The number of amides is 1. The van der Waals surface area contributed by atoms with E-state index in [1.54, 1.807) is 0 Å². The van der Waals surface area contributed by atoms with Gasteiger partial charge in [-0.15, -0.1) is 0 Å². The quantitative estimate of drug-likeness (QED) is 0.907. The van der Waals surface area contributed by atoms with Crippen molar-refractivity contribution in [3.63, 3.8) is 0 Å². The van der Waals surface area contributed by atoms with E-state index in [4.69, 9.17) is 0 Å². The molecule has 0 spiro atoms. The highest BCUT2D eigenvalue weighted by Crippen LogP contribution is 2.18. The molecule has 1 aliphatic heterocycles. The summed E-state index contributed by atoms with van der Waals surface area (Å²) in [6.45, 7) is 7.45. The van der Waals surface area contributed by atoms with Gasteiger partial charge < -0.3 is 15.2 Å². The standard InChI is InChI=1S/C17H23N3O/c1-12(2)20-8-7-13(11-20)10-18-17(21)16-9-14-5-3-4-6-15(14)19-16/h3-6,9,12-13,19H,7-8,10-11H2,1-2H3,(H,18,21)/t13-/m1/s1. The van der Waals surface area contributed by atoms with Crippen molar-refractivity contribution in [2.75, 3.05) is 19.6 Å². The van der Waals surface area contributed by atoms with Gasteiger partial charge in [-0.3, -0.25) is 4.79 Å². The predicted octanol–water partition coefficient (Wildman–Crippen LogP) is 2.63. The summed E-state index contributed by atoms with van der Waals surface area (Å²) < 4.78 is 0. The largest absolute Gasteiger partial charge is 0.351 e. The molecule has 2 heterocycles. The first-order valence-electron chi connectivity index (χ1n) is 7.73. The second-order valence-electron chi connectivity index (χ2n) is 6.22. The van der Waals surface area contributed by atoms with Crippen LogP contribution in [0.25, 0.3) is 10.9 Å². The Hall–Kier alpha value is -1.81. The molecule has 0 radical (unpaired) electrons. The highest BCUT2D eigenvalue weighted by atomic mass is 16.1. The van der Waals surface area contributed by atoms with Gasteiger partial charge in [0, 0.05) is 30.0 Å². The Morgan fingerprint density at radius 2 is 2.24 bits per heavy atom. The van der Waals surface area contributed by atoms with Crippen LogP contribution in [0.4, 0.5) is 0 Å². The number of carbonyl (C=O) groups is 1. The van der Waals surface area contributed by atoms with Crippen LogP contribution < -0.4 is 5.32 Å². The molecular weight excluding hydrogens is 262 g/mol. The maximum Gasteiger partial charge on any atom is 0.267 e. The summed E-state index contributed by atoms with van der Waals surface area (Å²) in [4.78, 5) is 17.9. The third-order valence-electron chi connectivity index (χ3n) is 4.37. The number of hydrogen-bond donors (Lipinski definition) is 2. The number of carbonyl (C=O) groups excluding carboxylic acids is 1. The summed E-state index contributed by atoms with van der Waals surface area (Å²) in [5.41, 5.74) is 1.66. The molecule has 1 atom stereocenters. The molecule has 2 aromatic rings. The molecule has 0 aliphatic carbocycles. The minimum Gasteiger partial charge on any atom is -0.351 e. The summed E-state index contributed by atoms with van der Waals surface area (Å²) in [5.74, 6) is 0.565. The van der Waals surface area contributed by atoms with Crippen LogP contribution in [0.5, 0.6) is 0 Å². The average Bonchev–Trinajstić information content (AvgIpc) is 3.11. The third kappa shape index (κ3) is 3.10. The van der Waals surface area contributed by atoms with E-state index >= 15 is 0 Å². The monoisotopic (exact) mass is 285 g/mol. The Morgan fingerprint density at radius 3 is 2.95 bits per heavy atom. The maximum absolute atomic E-state index is 12.2. The molecule has 4 heteroatoms. The van der Waals surface area contributed by atoms with E-state index in [0.717, 1.165) is 30.5 Å². The fourth-order valence-electron chi connectivity index (χ4n) is 3.03. The Bertz CT molecular complexity index is 599. The van der Waals surface area contributed by atoms with Crippen LogP contribution in [0.3, 0.4) is 0 Å². The first kappa shape index (κ1) is 14.1. The zero-order valence-corrected chi connectivity index (χ0v) is 12.7. The minimum atomic E-state index is -0.00537. The van der Waals surface area contributed by atoms with Gasteiger partial charge >= 0.3 is 0 Å². The second kappa shape index (κ2) is 5.90. The van der Waals surface area contributed by atoms with Crippen molar-refractivity contribution in [2.24, 2.45) is 5.92 Å². The van der Waals surface area contributed by atoms with Crippen molar-refractivity contribution >= 4 is 16.8 Å². The Balaban J connectivity index is 1.57. The number of hydrogen-bond acceptors (Lipinski definition) is 2. The SMILES string of the molecule is CC(C)N1CC[C@H](CNC(=O)c2cc3ccccc3[nH]2)C1. The van der Waals surface area contributed by atoms with Crippen LogP contribution in [-0.2, 0) is 0 Å². The van der Waals surface area contributed by atoms with Crippen LogP contribution in [-0.4, -0.2) is 41.5 Å². The van der Waals surface area contributed by atoms with Crippen LogP contribution in [0.2, 0.25) is 0 Å². The molecule has 1 aromatic carbocycles. The summed E-state index contributed by atoms with van der Waals surface area (Å²) in [7, 11) is 0. The van der Waals surface area contributed by atoms with Crippen LogP contribution in [0, 0.1) is 5.92 Å². The van der Waals surface area contributed by atoms with Crippen molar-refractivity contribution in [2.45, 2.75) is 26.3 Å². The van der Waals surface area contributed by atoms with Gasteiger partial charge in [-0.2, -0.15) is 0 Å². The van der Waals surface area contributed by atoms with Crippen molar-refractivity contribution in [3.8, 4) is 0 Å². The van der Waals surface area contributed by atoms with Gasteiger partial charge in [0.05, 0.1) is 0 Å². The lowest BCUT2D eigenvalue weighted by atomic mass is 10.1. The Kier molecular flexibility index (Phi) is 3.97. The van der Waals surface area contributed by atoms with Gasteiger partial charge in [0.2, 0.25) is 0 Å². The van der Waals surface area contributed by atoms with E-state index in [1.165, 1.54) is 6.42 Å². The highest BCUT2D eigenvalue weighted by molar-refractivity contribution is 5.97. The van der Waals surface area contributed by atoms with Gasteiger partial charge in [0.25, 0.3) is 5.91 Å². The molecule has 3 rings (SSSR count). The third-order valence-corrected chi connectivity index (χ3v) is 4.37. The fraction of sp³-hybridized carbons (Fsp3) is 0.471. The molecule has 0 bridgehead atoms. The number of rotatable bonds is 4. The molecule has 21 heavy (non-hydrogen) atoms. The molecule has 2 N–H and O–H groups in total. The normalized spacial score (nSPS) is 19.5. The van der Waals surface area contributed by atoms with Gasteiger partial charge in [0.1, 0.15) is 5.69 Å². The molecular formula is C17H23N3O. The van der Waals surface area contributed by atoms with Crippen molar-refractivity contribution in [3.05, 3.63) is 36.0 Å². The lowest BCUT2D eigenvalue weighted by molar-refractivity contribution is 0.0943. The van der Waals surface area contributed by atoms with Crippen LogP contribution in [0.15, 0.2) is 30.3 Å². The lowest BCUT2D eigenvalue weighted by Gasteiger charge is -2.20. The molecule has 1 amide bonds. The zero-order chi connectivity index (χ0) is 14.8. The molecule has 112 valence electrons. The average molecular weight is 285 g/mol. The molecule has 1 saturated heterocycles. The summed E-state index contributed by atoms with van der Waals surface area (Å²) in [6, 6.07) is 10.5. The number of H-pyrrole nitrogens is 1. The molecule has 0 saturated carbocycles. The first-order valence-corrected chi connectivity index (χ1v) is 7.73. The number of aromatic nitrogens is 1. The van der Waals surface area contributed by atoms with E-state index in [0.29, 0.717) is 17.7 Å². The van der Waals surface area contributed by atoms with Crippen molar-refractivity contribution < 1.29 is 4.79 Å². The summed E-state index contributed by atoms with van der Waals surface area (Å²) >= 11 is 0. The number of likely N-dealkylation sites (tertiary alicyclic amines) is 1. The topological polar surface area (TPSA) is 48.1 Å². The van der Waals surface area contributed by atoms with E-state index in [9.17, 15) is 4.79 Å². The van der Waals surface area contributed by atoms with Gasteiger partial charge in [-0.25, -0.2) is 0 Å². The number of aromatic amines is 1. The summed E-state index contributed by atoms with van der Waals surface area (Å²) in [5, 5.41) is 4.14. The molecule has 0 unspecified atom stereocenters. The Labute approximate surface area is 125 Å². The lowest BCUT2D eigenvalue weighted by Crippen LogP contribution is -2.33. The second-order valence-corrected chi connectivity index (χ2v) is 6.22. The summed E-state index contributed by atoms with van der Waals surface area (Å²) in [6.07, 6.45) is 1.17. The molecule has 1 aliphatic rings. The van der Waals surface area contributed by atoms with Crippen molar-refractivity contribution in [1.82, 2.24) is 15.2 Å². The molecule has 1 fully saturated rings.